The van der Waals surface area contributed by atoms with E-state index in [0.717, 1.165) is 0 Å². The Morgan fingerprint density at radius 3 is 2.69 bits per heavy atom. The van der Waals surface area contributed by atoms with E-state index in [0.29, 0.717) is 24.1 Å². The topological polar surface area (TPSA) is 86.6 Å². The van der Waals surface area contributed by atoms with Gasteiger partial charge in [0.15, 0.2) is 0 Å². The molecule has 1 aliphatic heterocycles. The highest BCUT2D eigenvalue weighted by Crippen LogP contribution is 2.27. The summed E-state index contributed by atoms with van der Waals surface area (Å²) in [5, 5.41) is 20.7. The molecule has 0 aliphatic carbocycles. The summed E-state index contributed by atoms with van der Waals surface area (Å²) < 4.78 is 0. The van der Waals surface area contributed by atoms with Crippen LogP contribution in [0.2, 0.25) is 0 Å². The van der Waals surface area contributed by atoms with Gasteiger partial charge < -0.3 is 15.5 Å². The van der Waals surface area contributed by atoms with E-state index in [9.17, 15) is 9.59 Å². The molecule has 0 saturated carbocycles. The molecule has 0 saturated heterocycles. The summed E-state index contributed by atoms with van der Waals surface area (Å²) in [6.45, 7) is 0. The van der Waals surface area contributed by atoms with Crippen molar-refractivity contribution in [2.75, 3.05) is 5.32 Å². The van der Waals surface area contributed by atoms with Gasteiger partial charge in [0.1, 0.15) is 6.04 Å². The molecule has 0 bridgehead atoms. The molecular weight excluding hydrogens is 210 g/mol. The first-order chi connectivity index (χ1) is 7.59. The summed E-state index contributed by atoms with van der Waals surface area (Å²) >= 11 is 0. The lowest BCUT2D eigenvalue weighted by atomic mass is 9.94. The van der Waals surface area contributed by atoms with Crippen LogP contribution in [-0.4, -0.2) is 28.2 Å². The standard InChI is InChI=1S/C11H11NO4/c13-10(14)7-2-1-3-8-6(7)4-5-9(12-8)11(15)16/h1-3,9,12H,4-5H2,(H,13,14)(H,15,16). The molecule has 3 N–H and O–H groups in total. The molecule has 0 radical (unpaired) electrons. The van der Waals surface area contributed by atoms with Gasteiger partial charge in [-0.1, -0.05) is 6.07 Å². The van der Waals surface area contributed by atoms with Crippen LogP contribution >= 0.6 is 0 Å². The van der Waals surface area contributed by atoms with Crippen LogP contribution in [0.1, 0.15) is 22.3 Å². The monoisotopic (exact) mass is 221 g/mol. The van der Waals surface area contributed by atoms with Crippen molar-refractivity contribution in [1.29, 1.82) is 0 Å². The highest BCUT2D eigenvalue weighted by Gasteiger charge is 2.25. The third-order valence-electron chi connectivity index (χ3n) is 2.72. The maximum atomic E-state index is 10.9. The molecule has 0 spiro atoms. The molecule has 1 heterocycles. The van der Waals surface area contributed by atoms with Gasteiger partial charge in [-0.05, 0) is 30.5 Å². The highest BCUT2D eigenvalue weighted by molar-refractivity contribution is 5.92. The van der Waals surface area contributed by atoms with Crippen molar-refractivity contribution in [1.82, 2.24) is 0 Å². The second kappa shape index (κ2) is 3.84. The van der Waals surface area contributed by atoms with Crippen molar-refractivity contribution in [3.05, 3.63) is 29.3 Å². The van der Waals surface area contributed by atoms with Crippen molar-refractivity contribution >= 4 is 17.6 Å². The fourth-order valence-corrected chi connectivity index (χ4v) is 1.93. The molecule has 84 valence electrons. The lowest BCUT2D eigenvalue weighted by Crippen LogP contribution is -2.33. The van der Waals surface area contributed by atoms with E-state index < -0.39 is 18.0 Å². The largest absolute Gasteiger partial charge is 0.480 e. The summed E-state index contributed by atoms with van der Waals surface area (Å²) in [4.78, 5) is 21.7. The molecule has 0 aromatic heterocycles. The molecule has 1 aliphatic rings. The van der Waals surface area contributed by atoms with Crippen molar-refractivity contribution in [3.8, 4) is 0 Å². The molecule has 1 atom stereocenters. The van der Waals surface area contributed by atoms with Gasteiger partial charge in [-0.25, -0.2) is 9.59 Å². The van der Waals surface area contributed by atoms with Crippen LogP contribution in [0.5, 0.6) is 0 Å². The van der Waals surface area contributed by atoms with Crippen molar-refractivity contribution in [2.24, 2.45) is 0 Å². The van der Waals surface area contributed by atoms with E-state index in [1.807, 2.05) is 0 Å². The minimum Gasteiger partial charge on any atom is -0.480 e. The van der Waals surface area contributed by atoms with Crippen LogP contribution in [0.25, 0.3) is 0 Å². The Hall–Kier alpha value is -2.04. The van der Waals surface area contributed by atoms with E-state index >= 15 is 0 Å². The normalized spacial score (nSPS) is 18.4. The lowest BCUT2D eigenvalue weighted by molar-refractivity contribution is -0.138. The predicted molar refractivity (Wildman–Crippen MR) is 56.8 cm³/mol. The minimum absolute atomic E-state index is 0.244. The zero-order valence-corrected chi connectivity index (χ0v) is 8.43. The first-order valence-electron chi connectivity index (χ1n) is 4.94. The Kier molecular flexibility index (Phi) is 2.52. The van der Waals surface area contributed by atoms with Crippen LogP contribution in [0, 0.1) is 0 Å². The van der Waals surface area contributed by atoms with Crippen LogP contribution < -0.4 is 5.32 Å². The first kappa shape index (κ1) is 10.5. The third kappa shape index (κ3) is 1.71. The molecule has 16 heavy (non-hydrogen) atoms. The number of aromatic carboxylic acids is 1. The minimum atomic E-state index is -0.979. The number of rotatable bonds is 2. The van der Waals surface area contributed by atoms with Gasteiger partial charge in [0.2, 0.25) is 0 Å². The smallest absolute Gasteiger partial charge is 0.336 e. The molecule has 1 aromatic carbocycles. The molecule has 0 fully saturated rings. The van der Waals surface area contributed by atoms with Crippen LogP contribution in [0.4, 0.5) is 5.69 Å². The second-order valence-corrected chi connectivity index (χ2v) is 3.71. The number of nitrogens with one attached hydrogen (secondary N) is 1. The van der Waals surface area contributed by atoms with E-state index in [-0.39, 0.29) is 5.56 Å². The zero-order valence-electron chi connectivity index (χ0n) is 8.43. The number of hydrogen-bond acceptors (Lipinski definition) is 3. The Bertz CT molecular complexity index is 455. The van der Waals surface area contributed by atoms with Crippen LogP contribution in [-0.2, 0) is 11.2 Å². The summed E-state index contributed by atoms with van der Waals surface area (Å²) in [5.41, 5.74) is 1.54. The summed E-state index contributed by atoms with van der Waals surface area (Å²) in [7, 11) is 0. The lowest BCUT2D eigenvalue weighted by Gasteiger charge is -2.24. The third-order valence-corrected chi connectivity index (χ3v) is 2.72. The van der Waals surface area contributed by atoms with E-state index in [1.165, 1.54) is 6.07 Å². The first-order valence-corrected chi connectivity index (χ1v) is 4.94. The summed E-state index contributed by atoms with van der Waals surface area (Å²) in [5.74, 6) is -1.89. The predicted octanol–water partition coefficient (Wildman–Crippen LogP) is 1.20. The number of benzene rings is 1. The number of hydrogen-bond donors (Lipinski definition) is 3. The van der Waals surface area contributed by atoms with Crippen LogP contribution in [0.3, 0.4) is 0 Å². The molecular formula is C11H11NO4. The van der Waals surface area contributed by atoms with Gasteiger partial charge in [-0.15, -0.1) is 0 Å². The Balaban J connectivity index is 2.38. The van der Waals surface area contributed by atoms with Gasteiger partial charge in [0.25, 0.3) is 0 Å². The van der Waals surface area contributed by atoms with Gasteiger partial charge in [0.05, 0.1) is 5.56 Å². The molecule has 5 nitrogen and oxygen atoms in total. The van der Waals surface area contributed by atoms with E-state index in [1.54, 1.807) is 12.1 Å². The Morgan fingerprint density at radius 2 is 2.06 bits per heavy atom. The fraction of sp³-hybridized carbons (Fsp3) is 0.273. The quantitative estimate of drug-likeness (QED) is 0.698. The molecule has 2 rings (SSSR count). The van der Waals surface area contributed by atoms with E-state index in [2.05, 4.69) is 5.32 Å². The summed E-state index contributed by atoms with van der Waals surface area (Å²) in [6, 6.07) is 4.22. The summed E-state index contributed by atoms with van der Waals surface area (Å²) in [6.07, 6.45) is 0.883. The average Bonchev–Trinajstić information content (AvgIpc) is 2.27. The number of carboxylic acids is 2. The van der Waals surface area contributed by atoms with Crippen LogP contribution in [0.15, 0.2) is 18.2 Å². The van der Waals surface area contributed by atoms with Crippen molar-refractivity contribution in [3.63, 3.8) is 0 Å². The van der Waals surface area contributed by atoms with Gasteiger partial charge in [-0.3, -0.25) is 0 Å². The molecule has 0 amide bonds. The number of anilines is 1. The number of fused-ring (bicyclic) bond motifs is 1. The second-order valence-electron chi connectivity index (χ2n) is 3.71. The average molecular weight is 221 g/mol. The number of carbonyl (C=O) groups is 2. The van der Waals surface area contributed by atoms with Gasteiger partial charge in [0, 0.05) is 5.69 Å². The van der Waals surface area contributed by atoms with Gasteiger partial charge >= 0.3 is 11.9 Å². The number of carboxylic acid groups (broad SMARTS) is 2. The highest BCUT2D eigenvalue weighted by atomic mass is 16.4. The fourth-order valence-electron chi connectivity index (χ4n) is 1.93. The zero-order chi connectivity index (χ0) is 11.7. The SMILES string of the molecule is O=C(O)c1cccc2c1CCC(C(=O)O)N2. The van der Waals surface area contributed by atoms with Gasteiger partial charge in [-0.2, -0.15) is 0 Å². The van der Waals surface area contributed by atoms with Crippen molar-refractivity contribution in [2.45, 2.75) is 18.9 Å². The molecule has 5 heteroatoms. The Labute approximate surface area is 91.7 Å². The Morgan fingerprint density at radius 1 is 1.31 bits per heavy atom. The molecule has 1 aromatic rings. The maximum absolute atomic E-state index is 10.9. The van der Waals surface area contributed by atoms with Crippen molar-refractivity contribution < 1.29 is 19.8 Å². The van der Waals surface area contributed by atoms with E-state index in [4.69, 9.17) is 10.2 Å². The number of aliphatic carboxylic acids is 1. The molecule has 1 unspecified atom stereocenters. The maximum Gasteiger partial charge on any atom is 0.336 e.